The predicted molar refractivity (Wildman–Crippen MR) is 106 cm³/mol. The van der Waals surface area contributed by atoms with Crippen molar-refractivity contribution in [3.63, 3.8) is 0 Å². The second-order valence-electron chi connectivity index (χ2n) is 7.43. The molecular formula is C23H27NO2. The topological polar surface area (TPSA) is 41.5 Å². The third kappa shape index (κ3) is 4.84. The molecule has 2 aromatic carbocycles. The van der Waals surface area contributed by atoms with Crippen molar-refractivity contribution in [2.24, 2.45) is 5.41 Å². The molecule has 0 bridgehead atoms. The van der Waals surface area contributed by atoms with Crippen LogP contribution in [0, 0.1) is 5.41 Å². The van der Waals surface area contributed by atoms with E-state index in [2.05, 4.69) is 49.5 Å². The summed E-state index contributed by atoms with van der Waals surface area (Å²) in [7, 11) is 0. The Bertz CT molecular complexity index is 765. The van der Waals surface area contributed by atoms with Gasteiger partial charge in [0, 0.05) is 24.9 Å². The normalized spacial score (nSPS) is 19.9. The summed E-state index contributed by atoms with van der Waals surface area (Å²) >= 11 is 0. The Morgan fingerprint density at radius 3 is 2.31 bits per heavy atom. The molecule has 2 N–H and O–H groups in total. The molecule has 136 valence electrons. The Kier molecular flexibility index (Phi) is 5.60. The Labute approximate surface area is 156 Å². The van der Waals surface area contributed by atoms with Crippen LogP contribution < -0.4 is 10.1 Å². The molecule has 0 fully saturated rings. The Morgan fingerprint density at radius 2 is 1.69 bits per heavy atom. The minimum atomic E-state index is -1.28. The average Bonchev–Trinajstić information content (AvgIpc) is 2.63. The average molecular weight is 349 g/mol. The van der Waals surface area contributed by atoms with Crippen LogP contribution in [-0.2, 0) is 6.54 Å². The summed E-state index contributed by atoms with van der Waals surface area (Å²) in [6.07, 6.45) is 6.26. The summed E-state index contributed by atoms with van der Waals surface area (Å²) in [6, 6.07) is 19.8. The number of aliphatic hydroxyl groups is 1. The van der Waals surface area contributed by atoms with Gasteiger partial charge >= 0.3 is 0 Å². The molecule has 3 rings (SSSR count). The van der Waals surface area contributed by atoms with Gasteiger partial charge in [-0.3, -0.25) is 0 Å². The molecule has 0 aromatic heterocycles. The van der Waals surface area contributed by atoms with E-state index >= 15 is 0 Å². The van der Waals surface area contributed by atoms with Gasteiger partial charge in [-0.05, 0) is 29.3 Å². The maximum Gasteiger partial charge on any atom is 0.231 e. The largest absolute Gasteiger partial charge is 0.459 e. The van der Waals surface area contributed by atoms with Gasteiger partial charge in [-0.25, -0.2) is 0 Å². The van der Waals surface area contributed by atoms with Crippen LogP contribution >= 0.6 is 0 Å². The van der Waals surface area contributed by atoms with Crippen molar-refractivity contribution >= 4 is 0 Å². The molecule has 2 aromatic rings. The van der Waals surface area contributed by atoms with Crippen molar-refractivity contribution < 1.29 is 9.84 Å². The molecule has 3 nitrogen and oxygen atoms in total. The molecule has 0 saturated carbocycles. The number of allylic oxidation sites excluding steroid dienone is 1. The number of benzene rings is 2. The van der Waals surface area contributed by atoms with Gasteiger partial charge in [0.1, 0.15) is 5.75 Å². The zero-order valence-corrected chi connectivity index (χ0v) is 15.5. The van der Waals surface area contributed by atoms with Gasteiger partial charge in [0.05, 0.1) is 0 Å². The van der Waals surface area contributed by atoms with Crippen LogP contribution in [0.5, 0.6) is 5.75 Å². The van der Waals surface area contributed by atoms with E-state index in [4.69, 9.17) is 4.74 Å². The van der Waals surface area contributed by atoms with E-state index in [9.17, 15) is 5.11 Å². The molecule has 1 atom stereocenters. The van der Waals surface area contributed by atoms with Gasteiger partial charge < -0.3 is 15.2 Å². The minimum absolute atomic E-state index is 0.0284. The molecule has 0 aliphatic heterocycles. The Morgan fingerprint density at radius 1 is 1.04 bits per heavy atom. The van der Waals surface area contributed by atoms with Gasteiger partial charge in [-0.15, -0.1) is 0 Å². The van der Waals surface area contributed by atoms with Gasteiger partial charge in [0.2, 0.25) is 5.79 Å². The highest BCUT2D eigenvalue weighted by atomic mass is 16.6. The van der Waals surface area contributed by atoms with E-state index < -0.39 is 5.79 Å². The molecule has 0 saturated heterocycles. The third-order valence-corrected chi connectivity index (χ3v) is 4.70. The summed E-state index contributed by atoms with van der Waals surface area (Å²) in [5.74, 6) is -0.612. The molecule has 0 heterocycles. The van der Waals surface area contributed by atoms with Crippen LogP contribution in [0.15, 0.2) is 84.5 Å². The van der Waals surface area contributed by atoms with E-state index in [1.807, 2.05) is 42.5 Å². The number of nitrogens with one attached hydrogen (secondary N) is 1. The number of hydrogen-bond acceptors (Lipinski definition) is 3. The van der Waals surface area contributed by atoms with Crippen LogP contribution in [0.2, 0.25) is 0 Å². The van der Waals surface area contributed by atoms with E-state index in [0.717, 1.165) is 13.1 Å². The first kappa shape index (κ1) is 18.4. The van der Waals surface area contributed by atoms with Crippen LogP contribution in [0.4, 0.5) is 0 Å². The molecule has 0 radical (unpaired) electrons. The molecule has 0 spiro atoms. The van der Waals surface area contributed by atoms with Crippen molar-refractivity contribution in [2.45, 2.75) is 32.6 Å². The highest BCUT2D eigenvalue weighted by Crippen LogP contribution is 2.33. The SMILES string of the molecule is CC(C)(CNCc1ccccc1)C1=CCC(O)(Oc2ccccc2)C=C1. The van der Waals surface area contributed by atoms with Crippen molar-refractivity contribution in [1.82, 2.24) is 5.32 Å². The lowest BCUT2D eigenvalue weighted by atomic mass is 9.80. The fourth-order valence-electron chi connectivity index (χ4n) is 3.10. The van der Waals surface area contributed by atoms with Crippen molar-refractivity contribution in [3.8, 4) is 5.75 Å². The van der Waals surface area contributed by atoms with Gasteiger partial charge in [0.25, 0.3) is 0 Å². The van der Waals surface area contributed by atoms with Crippen LogP contribution in [0.25, 0.3) is 0 Å². The maximum atomic E-state index is 10.7. The third-order valence-electron chi connectivity index (χ3n) is 4.70. The van der Waals surface area contributed by atoms with E-state index in [1.54, 1.807) is 6.08 Å². The summed E-state index contributed by atoms with van der Waals surface area (Å²) in [5, 5.41) is 14.2. The molecular weight excluding hydrogens is 322 g/mol. The number of hydrogen-bond donors (Lipinski definition) is 2. The summed E-state index contributed by atoms with van der Waals surface area (Å²) in [6.45, 7) is 6.13. The van der Waals surface area contributed by atoms with E-state index in [-0.39, 0.29) is 5.41 Å². The zero-order valence-electron chi connectivity index (χ0n) is 15.5. The van der Waals surface area contributed by atoms with E-state index in [1.165, 1.54) is 11.1 Å². The lowest BCUT2D eigenvalue weighted by Gasteiger charge is -2.33. The monoisotopic (exact) mass is 349 g/mol. The lowest BCUT2D eigenvalue weighted by Crippen LogP contribution is -2.36. The predicted octanol–water partition coefficient (Wildman–Crippen LogP) is 4.46. The fraction of sp³-hybridized carbons (Fsp3) is 0.304. The quantitative estimate of drug-likeness (QED) is 0.725. The first-order valence-electron chi connectivity index (χ1n) is 9.08. The molecule has 0 amide bonds. The van der Waals surface area contributed by atoms with Crippen molar-refractivity contribution in [1.29, 1.82) is 0 Å². The molecule has 3 heteroatoms. The van der Waals surface area contributed by atoms with Gasteiger partial charge in [-0.1, -0.05) is 74.5 Å². The van der Waals surface area contributed by atoms with Gasteiger partial charge in [-0.2, -0.15) is 0 Å². The minimum Gasteiger partial charge on any atom is -0.459 e. The highest BCUT2D eigenvalue weighted by molar-refractivity contribution is 5.33. The lowest BCUT2D eigenvalue weighted by molar-refractivity contribution is -0.0924. The molecule has 26 heavy (non-hydrogen) atoms. The summed E-state index contributed by atoms with van der Waals surface area (Å²) < 4.78 is 5.75. The second-order valence-corrected chi connectivity index (χ2v) is 7.43. The van der Waals surface area contributed by atoms with Crippen molar-refractivity contribution in [3.05, 3.63) is 90.0 Å². The smallest absolute Gasteiger partial charge is 0.231 e. The van der Waals surface area contributed by atoms with Gasteiger partial charge in [0.15, 0.2) is 0 Å². The second kappa shape index (κ2) is 7.90. The Balaban J connectivity index is 1.56. The maximum absolute atomic E-state index is 10.7. The van der Waals surface area contributed by atoms with E-state index in [0.29, 0.717) is 12.2 Å². The molecule has 1 aliphatic rings. The summed E-state index contributed by atoms with van der Waals surface area (Å²) in [4.78, 5) is 0. The van der Waals surface area contributed by atoms with Crippen LogP contribution in [0.1, 0.15) is 25.8 Å². The number of para-hydroxylation sites is 1. The fourth-order valence-corrected chi connectivity index (χ4v) is 3.10. The number of rotatable bonds is 7. The first-order valence-corrected chi connectivity index (χ1v) is 9.08. The highest BCUT2D eigenvalue weighted by Gasteiger charge is 2.31. The van der Waals surface area contributed by atoms with Crippen LogP contribution in [-0.4, -0.2) is 17.4 Å². The van der Waals surface area contributed by atoms with Crippen molar-refractivity contribution in [2.75, 3.05) is 6.54 Å². The van der Waals surface area contributed by atoms with Crippen LogP contribution in [0.3, 0.4) is 0 Å². The standard InChI is InChI=1S/C23H27NO2/c1-22(2,18-24-17-19-9-5-3-6-10-19)20-13-15-23(25,16-14-20)26-21-11-7-4-8-12-21/h3-15,24-25H,16-18H2,1-2H3. The zero-order chi connectivity index (χ0) is 18.5. The summed E-state index contributed by atoms with van der Waals surface area (Å²) in [5.41, 5.74) is 2.46. The molecule has 1 unspecified atom stereocenters. The molecule has 1 aliphatic carbocycles. The number of ether oxygens (including phenoxy) is 1. The first-order chi connectivity index (χ1) is 12.5. The Hall–Kier alpha value is -2.36.